The van der Waals surface area contributed by atoms with Gasteiger partial charge in [0.15, 0.2) is 5.78 Å². The lowest BCUT2D eigenvalue weighted by atomic mass is 10.0. The van der Waals surface area contributed by atoms with Gasteiger partial charge in [0.05, 0.1) is 12.7 Å². The van der Waals surface area contributed by atoms with Crippen LogP contribution < -0.4 is 10.1 Å². The molecule has 0 heterocycles. The molecule has 0 fully saturated rings. The first-order valence-corrected chi connectivity index (χ1v) is 6.99. The maximum absolute atomic E-state index is 12.0. The lowest BCUT2D eigenvalue weighted by molar-refractivity contribution is -0.119. The molecule has 0 aliphatic rings. The van der Waals surface area contributed by atoms with E-state index in [4.69, 9.17) is 4.74 Å². The Kier molecular flexibility index (Phi) is 6.22. The number of carbonyl (C=O) groups excluding carboxylic acids is 2. The van der Waals surface area contributed by atoms with Crippen molar-refractivity contribution < 1.29 is 14.3 Å². The van der Waals surface area contributed by atoms with Crippen molar-refractivity contribution in [3.63, 3.8) is 0 Å². The van der Waals surface area contributed by atoms with Crippen LogP contribution in [-0.2, 0) is 4.79 Å². The number of rotatable bonds is 7. The molecular formula is C16H23NO3. The second kappa shape index (κ2) is 7.68. The zero-order valence-electron chi connectivity index (χ0n) is 12.7. The lowest BCUT2D eigenvalue weighted by Crippen LogP contribution is -2.20. The summed E-state index contributed by atoms with van der Waals surface area (Å²) in [6.45, 7) is 5.50. The predicted molar refractivity (Wildman–Crippen MR) is 80.3 cm³/mol. The van der Waals surface area contributed by atoms with Crippen molar-refractivity contribution in [2.45, 2.75) is 40.0 Å². The Bertz CT molecular complexity index is 483. The average molecular weight is 277 g/mol. The number of anilines is 1. The number of ketones is 1. The highest BCUT2D eigenvalue weighted by molar-refractivity contribution is 5.99. The van der Waals surface area contributed by atoms with Gasteiger partial charge in [-0.05, 0) is 31.5 Å². The monoisotopic (exact) mass is 277 g/mol. The summed E-state index contributed by atoms with van der Waals surface area (Å²) in [4.78, 5) is 23.6. The van der Waals surface area contributed by atoms with Gasteiger partial charge in [-0.3, -0.25) is 9.59 Å². The summed E-state index contributed by atoms with van der Waals surface area (Å²) in [7, 11) is 1.52. The number of ether oxygens (including phenoxy) is 1. The Morgan fingerprint density at radius 2 is 2.05 bits per heavy atom. The summed E-state index contributed by atoms with van der Waals surface area (Å²) in [5.41, 5.74) is 1.11. The first-order chi connectivity index (χ1) is 9.49. The van der Waals surface area contributed by atoms with Crippen molar-refractivity contribution in [1.29, 1.82) is 0 Å². The number of hydrogen-bond donors (Lipinski definition) is 1. The molecule has 0 aliphatic heterocycles. The minimum Gasteiger partial charge on any atom is -0.496 e. The number of unbranched alkanes of at least 4 members (excludes halogenated alkanes) is 1. The van der Waals surface area contributed by atoms with E-state index in [0.717, 1.165) is 19.3 Å². The van der Waals surface area contributed by atoms with Gasteiger partial charge in [0, 0.05) is 11.6 Å². The molecule has 20 heavy (non-hydrogen) atoms. The van der Waals surface area contributed by atoms with Crippen LogP contribution in [0.2, 0.25) is 0 Å². The van der Waals surface area contributed by atoms with Crippen molar-refractivity contribution in [3.8, 4) is 5.75 Å². The van der Waals surface area contributed by atoms with Gasteiger partial charge in [0.25, 0.3) is 0 Å². The summed E-state index contributed by atoms with van der Waals surface area (Å²) >= 11 is 0. The van der Waals surface area contributed by atoms with E-state index in [0.29, 0.717) is 17.0 Å². The van der Waals surface area contributed by atoms with Crippen molar-refractivity contribution in [2.24, 2.45) is 5.92 Å². The van der Waals surface area contributed by atoms with E-state index >= 15 is 0 Å². The number of amides is 1. The molecule has 1 atom stereocenters. The molecular weight excluding hydrogens is 254 g/mol. The first-order valence-electron chi connectivity index (χ1n) is 6.99. The van der Waals surface area contributed by atoms with E-state index in [2.05, 4.69) is 12.2 Å². The Hall–Kier alpha value is -1.84. The van der Waals surface area contributed by atoms with Crippen LogP contribution >= 0.6 is 0 Å². The second-order valence-electron chi connectivity index (χ2n) is 5.00. The minimum absolute atomic E-state index is 0.0156. The van der Waals surface area contributed by atoms with E-state index in [1.807, 2.05) is 6.92 Å². The standard InChI is InChI=1S/C16H23NO3/c1-5-6-7-11(2)16(19)17-13-8-9-15(20-4)14(10-13)12(3)18/h8-11H,5-7H2,1-4H3,(H,17,19)/t11-/m1/s1. The molecule has 0 unspecified atom stereocenters. The summed E-state index contributed by atoms with van der Waals surface area (Å²) in [6.07, 6.45) is 2.99. The maximum atomic E-state index is 12.0. The smallest absolute Gasteiger partial charge is 0.227 e. The van der Waals surface area contributed by atoms with Crippen LogP contribution in [0.15, 0.2) is 18.2 Å². The second-order valence-corrected chi connectivity index (χ2v) is 5.00. The Morgan fingerprint density at radius 3 is 2.60 bits per heavy atom. The molecule has 1 aromatic carbocycles. The number of Topliss-reactive ketones (excluding diaryl/α,β-unsaturated/α-hetero) is 1. The summed E-state index contributed by atoms with van der Waals surface area (Å²) in [5, 5.41) is 2.85. The van der Waals surface area contributed by atoms with Crippen LogP contribution in [0.25, 0.3) is 0 Å². The normalized spacial score (nSPS) is 11.8. The van der Waals surface area contributed by atoms with E-state index in [1.165, 1.54) is 14.0 Å². The SMILES string of the molecule is CCCC[C@@H](C)C(=O)Nc1ccc(OC)c(C(C)=O)c1. The predicted octanol–water partition coefficient (Wildman–Crippen LogP) is 3.66. The fourth-order valence-electron chi connectivity index (χ4n) is 1.97. The van der Waals surface area contributed by atoms with Gasteiger partial charge >= 0.3 is 0 Å². The number of hydrogen-bond acceptors (Lipinski definition) is 3. The first kappa shape index (κ1) is 16.2. The molecule has 110 valence electrons. The van der Waals surface area contributed by atoms with Crippen LogP contribution in [0.4, 0.5) is 5.69 Å². The third kappa shape index (κ3) is 4.37. The van der Waals surface area contributed by atoms with E-state index < -0.39 is 0 Å². The quantitative estimate of drug-likeness (QED) is 0.774. The van der Waals surface area contributed by atoms with Crippen molar-refractivity contribution >= 4 is 17.4 Å². The van der Waals surface area contributed by atoms with E-state index in [-0.39, 0.29) is 17.6 Å². The van der Waals surface area contributed by atoms with Crippen LogP contribution in [-0.4, -0.2) is 18.8 Å². The number of methoxy groups -OCH3 is 1. The maximum Gasteiger partial charge on any atom is 0.227 e. The molecule has 0 saturated carbocycles. The third-order valence-electron chi connectivity index (χ3n) is 3.28. The molecule has 4 heteroatoms. The Labute approximate surface area is 120 Å². The molecule has 1 aromatic rings. The average Bonchev–Trinajstić information content (AvgIpc) is 2.44. The number of nitrogens with one attached hydrogen (secondary N) is 1. The molecule has 0 bridgehead atoms. The van der Waals surface area contributed by atoms with Crippen LogP contribution in [0.5, 0.6) is 5.75 Å². The fraction of sp³-hybridized carbons (Fsp3) is 0.500. The zero-order chi connectivity index (χ0) is 15.1. The third-order valence-corrected chi connectivity index (χ3v) is 3.28. The van der Waals surface area contributed by atoms with Crippen molar-refractivity contribution in [1.82, 2.24) is 0 Å². The van der Waals surface area contributed by atoms with Crippen molar-refractivity contribution in [2.75, 3.05) is 12.4 Å². The van der Waals surface area contributed by atoms with Gasteiger partial charge in [-0.25, -0.2) is 0 Å². The topological polar surface area (TPSA) is 55.4 Å². The van der Waals surface area contributed by atoms with Gasteiger partial charge in [0.1, 0.15) is 5.75 Å². The number of carbonyl (C=O) groups is 2. The van der Waals surface area contributed by atoms with Crippen molar-refractivity contribution in [3.05, 3.63) is 23.8 Å². The molecule has 0 radical (unpaired) electrons. The molecule has 0 aromatic heterocycles. The summed E-state index contributed by atoms with van der Waals surface area (Å²) in [6, 6.07) is 5.10. The largest absolute Gasteiger partial charge is 0.496 e. The highest BCUT2D eigenvalue weighted by atomic mass is 16.5. The van der Waals surface area contributed by atoms with Gasteiger partial charge in [-0.15, -0.1) is 0 Å². The van der Waals surface area contributed by atoms with Gasteiger partial charge in [-0.2, -0.15) is 0 Å². The van der Waals surface area contributed by atoms with Gasteiger partial charge in [-0.1, -0.05) is 26.7 Å². The number of benzene rings is 1. The highest BCUT2D eigenvalue weighted by Crippen LogP contribution is 2.23. The molecule has 1 N–H and O–H groups in total. The minimum atomic E-state index is -0.0861. The van der Waals surface area contributed by atoms with Gasteiger partial charge in [0.2, 0.25) is 5.91 Å². The molecule has 0 aliphatic carbocycles. The van der Waals surface area contributed by atoms with Crippen LogP contribution in [0, 0.1) is 5.92 Å². The molecule has 0 saturated heterocycles. The molecule has 0 spiro atoms. The lowest BCUT2D eigenvalue weighted by Gasteiger charge is -2.13. The Balaban J connectivity index is 2.80. The molecule has 1 rings (SSSR count). The molecule has 4 nitrogen and oxygen atoms in total. The van der Waals surface area contributed by atoms with Crippen LogP contribution in [0.1, 0.15) is 50.4 Å². The fourth-order valence-corrected chi connectivity index (χ4v) is 1.97. The van der Waals surface area contributed by atoms with Gasteiger partial charge < -0.3 is 10.1 Å². The zero-order valence-corrected chi connectivity index (χ0v) is 12.7. The molecule has 1 amide bonds. The van der Waals surface area contributed by atoms with E-state index in [1.54, 1.807) is 18.2 Å². The summed E-state index contributed by atoms with van der Waals surface area (Å²) in [5.74, 6) is 0.391. The summed E-state index contributed by atoms with van der Waals surface area (Å²) < 4.78 is 5.13. The highest BCUT2D eigenvalue weighted by Gasteiger charge is 2.14. The van der Waals surface area contributed by atoms with Crippen LogP contribution in [0.3, 0.4) is 0 Å². The Morgan fingerprint density at radius 1 is 1.35 bits per heavy atom. The van der Waals surface area contributed by atoms with E-state index in [9.17, 15) is 9.59 Å².